The number of aliphatic hydroxyl groups is 1. The van der Waals surface area contributed by atoms with Gasteiger partial charge >= 0.3 is 0 Å². The number of aromatic nitrogens is 1. The Morgan fingerprint density at radius 1 is 1.70 bits per heavy atom. The second-order valence-electron chi connectivity index (χ2n) is 2.09. The summed E-state index contributed by atoms with van der Waals surface area (Å²) in [7, 11) is 0. The molecule has 0 aromatic carbocycles. The van der Waals surface area contributed by atoms with Gasteiger partial charge in [-0.3, -0.25) is 0 Å². The molecule has 0 aliphatic rings. The molecular formula is C7H8ClNO. The highest BCUT2D eigenvalue weighted by Gasteiger charge is 1.99. The van der Waals surface area contributed by atoms with E-state index in [-0.39, 0.29) is 0 Å². The van der Waals surface area contributed by atoms with Crippen LogP contribution >= 0.6 is 11.6 Å². The summed E-state index contributed by atoms with van der Waals surface area (Å²) in [5.41, 5.74) is 0.792. The van der Waals surface area contributed by atoms with Crippen molar-refractivity contribution >= 4 is 11.6 Å². The molecule has 1 N–H and O–H groups in total. The van der Waals surface area contributed by atoms with E-state index >= 15 is 0 Å². The Balaban J connectivity index is 2.96. The molecule has 1 rings (SSSR count). The minimum absolute atomic E-state index is 0.415. The van der Waals surface area contributed by atoms with Crippen molar-refractivity contribution in [2.24, 2.45) is 0 Å². The normalized spacial score (nSPS) is 13.1. The van der Waals surface area contributed by atoms with Gasteiger partial charge in [0.25, 0.3) is 0 Å². The first-order valence-electron chi connectivity index (χ1n) is 2.99. The molecule has 0 spiro atoms. The van der Waals surface area contributed by atoms with Crippen LogP contribution in [-0.4, -0.2) is 10.1 Å². The summed E-state index contributed by atoms with van der Waals surface area (Å²) in [5, 5.41) is 9.48. The molecule has 0 aliphatic heterocycles. The highest BCUT2D eigenvalue weighted by Crippen LogP contribution is 2.13. The first-order chi connectivity index (χ1) is 4.70. The predicted octanol–water partition coefficient (Wildman–Crippen LogP) is 1.79. The number of aliphatic hydroxyl groups excluding tert-OH is 1. The van der Waals surface area contributed by atoms with Crippen molar-refractivity contribution in [1.82, 2.24) is 4.98 Å². The van der Waals surface area contributed by atoms with Crippen molar-refractivity contribution in [2.45, 2.75) is 13.0 Å². The smallest absolute Gasteiger partial charge is 0.129 e. The average Bonchev–Trinajstić information content (AvgIpc) is 1.88. The third kappa shape index (κ3) is 1.69. The molecule has 0 saturated heterocycles. The second-order valence-corrected chi connectivity index (χ2v) is 2.48. The number of rotatable bonds is 1. The van der Waals surface area contributed by atoms with Gasteiger partial charge in [-0.15, -0.1) is 0 Å². The zero-order valence-electron chi connectivity index (χ0n) is 5.58. The summed E-state index contributed by atoms with van der Waals surface area (Å²) in [6.45, 7) is 1.69. The molecule has 1 aromatic rings. The van der Waals surface area contributed by atoms with Crippen LogP contribution in [0.2, 0.25) is 5.15 Å². The van der Waals surface area contributed by atoms with Crippen LogP contribution in [0.5, 0.6) is 0 Å². The first kappa shape index (κ1) is 7.51. The van der Waals surface area contributed by atoms with E-state index in [0.717, 1.165) is 5.56 Å². The van der Waals surface area contributed by atoms with Crippen LogP contribution in [0, 0.1) is 0 Å². The molecule has 0 saturated carbocycles. The van der Waals surface area contributed by atoms with Gasteiger partial charge in [-0.05, 0) is 24.6 Å². The van der Waals surface area contributed by atoms with Gasteiger partial charge in [0.1, 0.15) is 5.15 Å². The second kappa shape index (κ2) is 2.99. The number of pyridine rings is 1. The topological polar surface area (TPSA) is 33.1 Å². The van der Waals surface area contributed by atoms with Crippen LogP contribution in [0.25, 0.3) is 0 Å². The van der Waals surface area contributed by atoms with Crippen LogP contribution in [0.3, 0.4) is 0 Å². The van der Waals surface area contributed by atoms with Crippen molar-refractivity contribution in [3.8, 4) is 0 Å². The Labute approximate surface area is 64.5 Å². The molecule has 0 aliphatic carbocycles. The molecule has 0 amide bonds. The van der Waals surface area contributed by atoms with Gasteiger partial charge in [0.05, 0.1) is 6.10 Å². The van der Waals surface area contributed by atoms with Crippen LogP contribution in [0.1, 0.15) is 18.6 Å². The molecular weight excluding hydrogens is 150 g/mol. The van der Waals surface area contributed by atoms with Gasteiger partial charge in [0.15, 0.2) is 0 Å². The Morgan fingerprint density at radius 2 is 2.40 bits per heavy atom. The third-order valence-electron chi connectivity index (χ3n) is 1.23. The lowest BCUT2D eigenvalue weighted by molar-refractivity contribution is 0.199. The van der Waals surface area contributed by atoms with Gasteiger partial charge < -0.3 is 5.11 Å². The fourth-order valence-corrected chi connectivity index (χ4v) is 0.860. The van der Waals surface area contributed by atoms with Crippen molar-refractivity contribution in [2.75, 3.05) is 0 Å². The van der Waals surface area contributed by atoms with Crippen molar-refractivity contribution < 1.29 is 5.11 Å². The maximum absolute atomic E-state index is 9.06. The molecule has 1 atom stereocenters. The van der Waals surface area contributed by atoms with Crippen molar-refractivity contribution in [3.63, 3.8) is 0 Å². The van der Waals surface area contributed by atoms with Crippen LogP contribution < -0.4 is 0 Å². The van der Waals surface area contributed by atoms with E-state index in [2.05, 4.69) is 4.98 Å². The van der Waals surface area contributed by atoms with E-state index in [0.29, 0.717) is 5.15 Å². The van der Waals surface area contributed by atoms with Gasteiger partial charge in [-0.2, -0.15) is 0 Å². The standard InChI is InChI=1S/C7H8ClNO/c1-5(10)6-2-3-9-7(8)4-6/h2-5,10H,1H3/t5-/m1/s1. The summed E-state index contributed by atoms with van der Waals surface area (Å²) >= 11 is 5.57. The molecule has 0 bridgehead atoms. The fraction of sp³-hybridized carbons (Fsp3) is 0.286. The van der Waals surface area contributed by atoms with E-state index in [4.69, 9.17) is 16.7 Å². The summed E-state index contributed by atoms with van der Waals surface area (Å²) in [5.74, 6) is 0. The largest absolute Gasteiger partial charge is 0.389 e. The van der Waals surface area contributed by atoms with Crippen LogP contribution in [-0.2, 0) is 0 Å². The molecule has 0 fully saturated rings. The van der Waals surface area contributed by atoms with Gasteiger partial charge in [0.2, 0.25) is 0 Å². The Hall–Kier alpha value is -0.600. The zero-order valence-corrected chi connectivity index (χ0v) is 6.34. The quantitative estimate of drug-likeness (QED) is 0.631. The van der Waals surface area contributed by atoms with E-state index in [1.807, 2.05) is 0 Å². The molecule has 10 heavy (non-hydrogen) atoms. The van der Waals surface area contributed by atoms with Crippen molar-refractivity contribution in [3.05, 3.63) is 29.0 Å². The maximum Gasteiger partial charge on any atom is 0.129 e. The molecule has 0 radical (unpaired) electrons. The molecule has 0 unspecified atom stereocenters. The highest BCUT2D eigenvalue weighted by molar-refractivity contribution is 6.29. The first-order valence-corrected chi connectivity index (χ1v) is 3.37. The summed E-state index contributed by atoms with van der Waals surface area (Å²) < 4.78 is 0. The fourth-order valence-electron chi connectivity index (χ4n) is 0.677. The van der Waals surface area contributed by atoms with E-state index in [1.165, 1.54) is 0 Å². The summed E-state index contributed by atoms with van der Waals surface area (Å²) in [4.78, 5) is 3.78. The number of hydrogen-bond donors (Lipinski definition) is 1. The van der Waals surface area contributed by atoms with Gasteiger partial charge in [0, 0.05) is 6.20 Å². The molecule has 3 heteroatoms. The molecule has 1 heterocycles. The van der Waals surface area contributed by atoms with Crippen LogP contribution in [0.4, 0.5) is 0 Å². The highest BCUT2D eigenvalue weighted by atomic mass is 35.5. The Kier molecular flexibility index (Phi) is 2.25. The number of nitrogens with zero attached hydrogens (tertiary/aromatic N) is 1. The molecule has 54 valence electrons. The molecule has 2 nitrogen and oxygen atoms in total. The zero-order chi connectivity index (χ0) is 7.56. The monoisotopic (exact) mass is 157 g/mol. The Morgan fingerprint density at radius 3 is 2.80 bits per heavy atom. The lowest BCUT2D eigenvalue weighted by Crippen LogP contribution is -1.90. The molecule has 1 aromatic heterocycles. The Bertz CT molecular complexity index is 225. The SMILES string of the molecule is C[C@@H](O)c1ccnc(Cl)c1. The third-order valence-corrected chi connectivity index (χ3v) is 1.44. The number of hydrogen-bond acceptors (Lipinski definition) is 2. The van der Waals surface area contributed by atoms with E-state index in [9.17, 15) is 0 Å². The predicted molar refractivity (Wildman–Crippen MR) is 39.9 cm³/mol. The lowest BCUT2D eigenvalue weighted by atomic mass is 10.2. The maximum atomic E-state index is 9.06. The summed E-state index contributed by atoms with van der Waals surface area (Å²) in [6.07, 6.45) is 1.10. The van der Waals surface area contributed by atoms with Gasteiger partial charge in [-0.1, -0.05) is 11.6 Å². The van der Waals surface area contributed by atoms with E-state index < -0.39 is 6.10 Å². The number of halogens is 1. The lowest BCUT2D eigenvalue weighted by Gasteiger charge is -2.02. The minimum atomic E-state index is -0.472. The van der Waals surface area contributed by atoms with Gasteiger partial charge in [-0.25, -0.2) is 4.98 Å². The van der Waals surface area contributed by atoms with Crippen LogP contribution in [0.15, 0.2) is 18.3 Å². The van der Waals surface area contributed by atoms with E-state index in [1.54, 1.807) is 25.3 Å². The summed E-state index contributed by atoms with van der Waals surface area (Å²) in [6, 6.07) is 3.38. The minimum Gasteiger partial charge on any atom is -0.389 e. The average molecular weight is 158 g/mol. The van der Waals surface area contributed by atoms with Crippen molar-refractivity contribution in [1.29, 1.82) is 0 Å².